The van der Waals surface area contributed by atoms with Gasteiger partial charge in [-0.1, -0.05) is 87.9 Å². The average Bonchev–Trinajstić information content (AvgIpc) is 0.839. The Bertz CT molecular complexity index is 3930. The maximum Gasteiger partial charge on any atom is 0.420 e. The summed E-state index contributed by atoms with van der Waals surface area (Å²) in [7, 11) is -3.19. The predicted octanol–water partition coefficient (Wildman–Crippen LogP) is 23.1. The second kappa shape index (κ2) is 55.2. The molecule has 0 fully saturated rings. The largest absolute Gasteiger partial charge is 0.507 e. The Hall–Kier alpha value is -7.13. The molecule has 0 saturated carbocycles. The number of phenols is 1. The van der Waals surface area contributed by atoms with Crippen LogP contribution in [-0.2, 0) is 32.5 Å². The number of alkyl carbamates (subject to hydrolysis) is 1. The molecular weight excluding hydrogens is 1870 g/mol. The van der Waals surface area contributed by atoms with Crippen molar-refractivity contribution in [1.82, 2.24) is 15.1 Å². The van der Waals surface area contributed by atoms with Crippen molar-refractivity contribution < 1.29 is 118 Å². The number of hydrogen-bond donors (Lipinski definition) is 5. The first-order chi connectivity index (χ1) is 55.0. The third kappa shape index (κ3) is 53.7. The minimum absolute atomic E-state index is 0.00619. The Morgan fingerprint density at radius 1 is 0.417 bits per heavy atom. The first-order valence-corrected chi connectivity index (χ1v) is 47.5. The van der Waals surface area contributed by atoms with Crippen LogP contribution in [0.25, 0.3) is 12.2 Å². The van der Waals surface area contributed by atoms with Crippen LogP contribution in [0.5, 0.6) is 28.7 Å². The van der Waals surface area contributed by atoms with Crippen molar-refractivity contribution in [2.45, 2.75) is 210 Å². The normalized spacial score (nSPS) is 11.7. The molecular formula is C86H128Br4F5N3O20Si2. The molecule has 0 atom stereocenters. The van der Waals surface area contributed by atoms with E-state index in [0.717, 1.165) is 32.3 Å². The van der Waals surface area contributed by atoms with E-state index in [1.807, 2.05) is 0 Å². The number of alkyl halides is 1. The molecule has 0 spiro atoms. The lowest BCUT2D eigenvalue weighted by atomic mass is 10.2. The lowest BCUT2D eigenvalue weighted by molar-refractivity contribution is 0.00160. The molecule has 5 N–H and O–H groups in total. The van der Waals surface area contributed by atoms with Gasteiger partial charge in [0.1, 0.15) is 112 Å². The smallest absolute Gasteiger partial charge is 0.420 e. The van der Waals surface area contributed by atoms with Gasteiger partial charge in [-0.2, -0.15) is 0 Å². The number of rotatable bonds is 25. The summed E-state index contributed by atoms with van der Waals surface area (Å²) in [6, 6.07) is 20.4. The fourth-order valence-electron chi connectivity index (χ4n) is 7.62. The number of ether oxygens (including phenoxy) is 9. The Balaban J connectivity index is 0. The minimum Gasteiger partial charge on any atom is -0.507 e. The van der Waals surface area contributed by atoms with Crippen LogP contribution in [-0.4, -0.2) is 190 Å². The highest BCUT2D eigenvalue weighted by atomic mass is 79.9. The first-order valence-electron chi connectivity index (χ1n) is 38.2. The van der Waals surface area contributed by atoms with Gasteiger partial charge in [0.05, 0.1) is 52.9 Å². The van der Waals surface area contributed by atoms with Gasteiger partial charge in [0, 0.05) is 59.9 Å². The molecule has 5 aromatic rings. The van der Waals surface area contributed by atoms with Crippen LogP contribution in [0.15, 0.2) is 129 Å². The summed E-state index contributed by atoms with van der Waals surface area (Å²) in [5.74, 6) is -0.585. The third-order valence-electron chi connectivity index (χ3n) is 15.1. The Morgan fingerprint density at radius 3 is 1.03 bits per heavy atom. The summed E-state index contributed by atoms with van der Waals surface area (Å²) >= 11 is 12.9. The van der Waals surface area contributed by atoms with Gasteiger partial charge in [0.15, 0.2) is 16.6 Å². The molecule has 678 valence electrons. The summed E-state index contributed by atoms with van der Waals surface area (Å²) in [6.07, 6.45) is 4.28. The number of aliphatic hydroxyl groups excluding tert-OH is 3. The van der Waals surface area contributed by atoms with Crippen molar-refractivity contribution in [3.63, 3.8) is 0 Å². The number of imide groups is 2. The van der Waals surface area contributed by atoms with Crippen LogP contribution in [0.1, 0.15) is 157 Å². The number of benzene rings is 5. The van der Waals surface area contributed by atoms with Gasteiger partial charge in [0.2, 0.25) is 0 Å². The first kappa shape index (κ1) is 115. The summed E-state index contributed by atoms with van der Waals surface area (Å²) < 4.78 is 125. The molecule has 0 aliphatic rings. The number of nitrogens with one attached hydrogen (secondary N) is 1. The van der Waals surface area contributed by atoms with E-state index in [4.69, 9.17) is 71.9 Å². The summed E-state index contributed by atoms with van der Waals surface area (Å²) in [5, 5.41) is 39.0. The zero-order valence-electron chi connectivity index (χ0n) is 74.1. The molecule has 0 aliphatic carbocycles. The second-order valence-corrected chi connectivity index (χ2v) is 46.7. The maximum atomic E-state index is 13.5. The predicted molar refractivity (Wildman–Crippen MR) is 481 cm³/mol. The highest BCUT2D eigenvalue weighted by molar-refractivity contribution is 9.11. The molecule has 0 unspecified atom stereocenters. The zero-order valence-corrected chi connectivity index (χ0v) is 82.4. The fourth-order valence-corrected chi connectivity index (χ4v) is 11.1. The molecule has 5 aromatic carbocycles. The monoisotopic (exact) mass is 1990 g/mol. The van der Waals surface area contributed by atoms with Crippen molar-refractivity contribution in [2.24, 2.45) is 0 Å². The summed E-state index contributed by atoms with van der Waals surface area (Å²) in [5.41, 5.74) is -2.28. The highest BCUT2D eigenvalue weighted by Gasteiger charge is 2.38. The van der Waals surface area contributed by atoms with Crippen molar-refractivity contribution in [1.29, 1.82) is 0 Å². The molecule has 0 saturated heterocycles. The summed E-state index contributed by atoms with van der Waals surface area (Å²) in [4.78, 5) is 61.7. The molecule has 0 aromatic heterocycles. The molecule has 5 rings (SSSR count). The highest BCUT2D eigenvalue weighted by Crippen LogP contribution is 2.38. The average molecular weight is 1990 g/mol. The van der Waals surface area contributed by atoms with Crippen LogP contribution in [0, 0.1) is 29.1 Å². The minimum atomic E-state index is -1.73. The van der Waals surface area contributed by atoms with Crippen LogP contribution < -0.4 is 24.3 Å². The van der Waals surface area contributed by atoms with Crippen LogP contribution >= 0.6 is 63.7 Å². The standard InChI is InChI=1S/C21H30FNO6.C16H22FNO4.C14H22BrFO2Si.C13H23NO4.C8H8BrFO2.C8H19BrOSi.C6H4BrFO/c1-20(2,3)28-18(25)23(19(26)29-21(4,5)6)11-7-8-15-9-10-16(22)14-17(15)27-13-12-24;1-16(2,3)22-15(20)18-8-4-5-12-6-7-13(17)11-14(12)21-10-9-19;1-14(2,3)19(4,5)18-9-8-17-13-10-11(16)6-7-12(13)15;1-8-9-14(10(15)17-12(2,3)4)11(16)18-13(5,6)7;9-7-2-1-6(10)5-8(7)12-4-3-11;1-8(2,3)11(4,5)10-7-6-9;7-5-2-1-4(8)3-6(5)9/h7-10,14,24H,11-13H2,1-6H3;4-7,11,19H,8-10H2,1-3H3,(H,18,20);6-7,10H,8-9H2,1-5H3;8H,1,9H2,2-7H3;1-2,5,11H,3-4H2;6-7H2,1-5H3;1-3,9H/b8-7+;5-4+;;;;;. The van der Waals surface area contributed by atoms with Gasteiger partial charge < -0.3 is 77.2 Å². The van der Waals surface area contributed by atoms with E-state index in [9.17, 15) is 45.9 Å². The fraction of sp³-hybridized carbons (Fsp3) is 0.523. The topological polar surface area (TPSA) is 286 Å². The Kier molecular flexibility index (Phi) is 52.8. The molecule has 34 heteroatoms. The van der Waals surface area contributed by atoms with Crippen LogP contribution in [0.3, 0.4) is 0 Å². The number of carbonyl (C=O) groups is 5. The molecule has 5 amide bonds. The second-order valence-electron chi connectivity index (χ2n) is 33.7. The summed E-state index contributed by atoms with van der Waals surface area (Å²) in [6.45, 7) is 53.5. The number of hydrogen-bond acceptors (Lipinski definition) is 20. The van der Waals surface area contributed by atoms with Gasteiger partial charge in [-0.05, 0) is 249 Å². The number of carbonyl (C=O) groups excluding carboxylic acids is 5. The molecule has 23 nitrogen and oxygen atoms in total. The molecule has 0 bridgehead atoms. The van der Waals surface area contributed by atoms with Crippen LogP contribution in [0.4, 0.5) is 45.9 Å². The van der Waals surface area contributed by atoms with E-state index in [2.05, 4.69) is 143 Å². The lowest BCUT2D eigenvalue weighted by Gasteiger charge is -2.36. The van der Waals surface area contributed by atoms with Crippen molar-refractivity contribution in [3.8, 4) is 28.7 Å². The molecule has 0 radical (unpaired) electrons. The Labute approximate surface area is 743 Å². The van der Waals surface area contributed by atoms with E-state index >= 15 is 0 Å². The van der Waals surface area contributed by atoms with Gasteiger partial charge >= 0.3 is 30.5 Å². The van der Waals surface area contributed by atoms with Crippen molar-refractivity contribution in [3.05, 3.63) is 169 Å². The number of aromatic hydroxyl groups is 1. The van der Waals surface area contributed by atoms with Crippen molar-refractivity contribution >= 4 is 123 Å². The third-order valence-corrected chi connectivity index (χ3v) is 26.4. The lowest BCUT2D eigenvalue weighted by Crippen LogP contribution is -2.43. The molecule has 120 heavy (non-hydrogen) atoms. The zero-order chi connectivity index (χ0) is 93.0. The Morgan fingerprint density at radius 2 is 0.717 bits per heavy atom. The van der Waals surface area contributed by atoms with Gasteiger partial charge in [-0.15, -0.1) is 6.58 Å². The van der Waals surface area contributed by atoms with E-state index in [1.54, 1.807) is 140 Å². The molecule has 0 aliphatic heterocycles. The van der Waals surface area contributed by atoms with Crippen LogP contribution in [0.2, 0.25) is 36.3 Å². The number of phenolic OH excluding ortho intramolecular Hbond substituents is 1. The number of halogens is 9. The number of amides is 5. The van der Waals surface area contributed by atoms with E-state index in [0.29, 0.717) is 55.6 Å². The van der Waals surface area contributed by atoms with Crippen molar-refractivity contribution in [2.75, 3.05) is 84.4 Å². The van der Waals surface area contributed by atoms with E-state index in [-0.39, 0.29) is 87.4 Å². The van der Waals surface area contributed by atoms with Gasteiger partial charge in [0.25, 0.3) is 0 Å². The maximum absolute atomic E-state index is 13.5. The number of nitrogens with zero attached hydrogens (tertiary/aromatic N) is 2. The van der Waals surface area contributed by atoms with Gasteiger partial charge in [-0.25, -0.2) is 55.7 Å². The number of aliphatic hydroxyl groups is 3. The van der Waals surface area contributed by atoms with E-state index < -0.39 is 92.6 Å². The SMILES string of the molecule is C=CCN(C(=O)OC(C)(C)C)C(=O)OC(C)(C)C.CC(C)(C)OC(=O)N(C/C=C/c1ccc(F)cc1OCCO)C(=O)OC(C)(C)C.CC(C)(C)OC(=O)NC/C=C/c1ccc(F)cc1OCCO.CC(C)(C)[Si](C)(C)OCCBr.CC(C)(C)[Si](C)(C)OCCOc1cc(F)ccc1Br.OCCOc1cc(F)ccc1Br.Oc1cc(F)ccc1Br. The molecule has 0 heterocycles. The van der Waals surface area contributed by atoms with Gasteiger partial charge in [-0.3, -0.25) is 0 Å². The quantitative estimate of drug-likeness (QED) is 0.00906. The van der Waals surface area contributed by atoms with E-state index in [1.165, 1.54) is 78.9 Å².